The summed E-state index contributed by atoms with van der Waals surface area (Å²) in [7, 11) is 4.81. The van der Waals surface area contributed by atoms with Gasteiger partial charge in [-0.1, -0.05) is 6.92 Å². The van der Waals surface area contributed by atoms with Gasteiger partial charge in [0.1, 0.15) is 6.04 Å². The Kier molecular flexibility index (Phi) is 7.03. The largest absolute Gasteiger partial charge is 0.481 e. The van der Waals surface area contributed by atoms with Gasteiger partial charge in [-0.15, -0.1) is 0 Å². The number of ether oxygens (including phenoxy) is 1. The fourth-order valence-electron chi connectivity index (χ4n) is 1.28. The van der Waals surface area contributed by atoms with Crippen LogP contribution in [0.15, 0.2) is 0 Å². The van der Waals surface area contributed by atoms with Crippen molar-refractivity contribution in [1.82, 2.24) is 5.32 Å². The number of amides is 1. The van der Waals surface area contributed by atoms with Crippen LogP contribution in [-0.2, 0) is 14.3 Å². The number of hydrogen-bond acceptors (Lipinski definition) is 5. The van der Waals surface area contributed by atoms with Crippen LogP contribution in [0.5, 0.6) is 0 Å². The zero-order chi connectivity index (χ0) is 14.3. The summed E-state index contributed by atoms with van der Waals surface area (Å²) in [6.07, 6.45) is -0.511. The van der Waals surface area contributed by atoms with Crippen molar-refractivity contribution in [2.45, 2.75) is 32.4 Å². The molecule has 0 aromatic carbocycles. The maximum Gasteiger partial charge on any atom is 0.331 e. The predicted octanol–water partition coefficient (Wildman–Crippen LogP) is -0.732. The molecule has 0 heterocycles. The molecule has 0 aliphatic heterocycles. The van der Waals surface area contributed by atoms with E-state index in [4.69, 9.17) is 22.8 Å². The Balaban J connectivity index is 4.27. The van der Waals surface area contributed by atoms with Crippen molar-refractivity contribution in [3.63, 3.8) is 0 Å². The van der Waals surface area contributed by atoms with Gasteiger partial charge >= 0.3 is 11.9 Å². The monoisotopic (exact) mass is 257 g/mol. The summed E-state index contributed by atoms with van der Waals surface area (Å²) < 4.78 is 4.89. The zero-order valence-corrected chi connectivity index (χ0v) is 10.3. The Morgan fingerprint density at radius 2 is 1.89 bits per heavy atom. The molecule has 0 saturated carbocycles. The van der Waals surface area contributed by atoms with E-state index in [1.165, 1.54) is 13.8 Å². The maximum absolute atomic E-state index is 11.5. The Hall–Kier alpha value is -1.57. The van der Waals surface area contributed by atoms with E-state index in [0.29, 0.717) is 0 Å². The Labute approximate surface area is 106 Å². The summed E-state index contributed by atoms with van der Waals surface area (Å²) in [5, 5.41) is 19.6. The third-order valence-electron chi connectivity index (χ3n) is 2.21. The summed E-state index contributed by atoms with van der Waals surface area (Å²) in [4.78, 5) is 32.6. The summed E-state index contributed by atoms with van der Waals surface area (Å²) in [6, 6.07) is -1.25. The molecule has 0 unspecified atom stereocenters. The first-order chi connectivity index (χ1) is 8.27. The number of rotatable bonds is 7. The van der Waals surface area contributed by atoms with Crippen molar-refractivity contribution in [3.05, 3.63) is 0 Å². The number of carbonyl (C=O) groups excluding carboxylic acids is 2. The molecule has 0 fully saturated rings. The van der Waals surface area contributed by atoms with Crippen molar-refractivity contribution in [3.8, 4) is 0 Å². The average molecular weight is 257 g/mol. The lowest BCUT2D eigenvalue weighted by atomic mass is 10.1. The van der Waals surface area contributed by atoms with E-state index in [-0.39, 0.29) is 6.42 Å². The standard InChI is InChI=1S/C10H16BNO6/c1-5(8(14)15)3-6(2)18-9(16)7(4-13)12-10(11)17/h5-7,13H,3-4H2,1-2H3,(H,12,17)(H,14,15)/t5-,6+,7+/m1/s1. The number of esters is 1. The molecule has 0 bridgehead atoms. The van der Waals surface area contributed by atoms with Gasteiger partial charge in [-0.25, -0.2) is 4.79 Å². The van der Waals surface area contributed by atoms with Gasteiger partial charge in [-0.05, 0) is 13.3 Å². The highest BCUT2D eigenvalue weighted by molar-refractivity contribution is 6.57. The molecule has 0 rings (SSSR count). The van der Waals surface area contributed by atoms with Gasteiger partial charge in [0.15, 0.2) is 5.81 Å². The summed E-state index contributed by atoms with van der Waals surface area (Å²) >= 11 is 0. The number of hydrogen-bond donors (Lipinski definition) is 3. The van der Waals surface area contributed by atoms with Crippen molar-refractivity contribution < 1.29 is 29.3 Å². The molecule has 0 saturated heterocycles. The molecule has 3 atom stereocenters. The van der Waals surface area contributed by atoms with Crippen LogP contribution in [0.1, 0.15) is 20.3 Å². The molecule has 0 spiro atoms. The average Bonchev–Trinajstić information content (AvgIpc) is 2.24. The highest BCUT2D eigenvalue weighted by Crippen LogP contribution is 2.09. The quantitative estimate of drug-likeness (QED) is 0.409. The fourth-order valence-corrected chi connectivity index (χ4v) is 1.28. The van der Waals surface area contributed by atoms with Crippen molar-refractivity contribution in [2.75, 3.05) is 6.61 Å². The van der Waals surface area contributed by atoms with E-state index in [9.17, 15) is 14.4 Å². The maximum atomic E-state index is 11.5. The van der Waals surface area contributed by atoms with Crippen LogP contribution in [0.2, 0.25) is 0 Å². The van der Waals surface area contributed by atoms with Crippen LogP contribution >= 0.6 is 0 Å². The third kappa shape index (κ3) is 6.24. The smallest absolute Gasteiger partial charge is 0.331 e. The van der Waals surface area contributed by atoms with E-state index in [1.54, 1.807) is 0 Å². The zero-order valence-electron chi connectivity index (χ0n) is 10.3. The highest BCUT2D eigenvalue weighted by atomic mass is 16.5. The molecular weight excluding hydrogens is 241 g/mol. The second kappa shape index (κ2) is 7.70. The van der Waals surface area contributed by atoms with Gasteiger partial charge in [0.25, 0.3) is 0 Å². The summed E-state index contributed by atoms with van der Waals surface area (Å²) in [6.45, 7) is 2.36. The van der Waals surface area contributed by atoms with Gasteiger partial charge < -0.3 is 20.3 Å². The van der Waals surface area contributed by atoms with E-state index in [0.717, 1.165) is 0 Å². The molecule has 8 heteroatoms. The Bertz CT molecular complexity index is 321. The number of carboxylic acids is 1. The molecule has 2 radical (unpaired) electrons. The van der Waals surface area contributed by atoms with Crippen molar-refractivity contribution in [1.29, 1.82) is 0 Å². The minimum absolute atomic E-state index is 0.135. The van der Waals surface area contributed by atoms with Crippen LogP contribution in [0, 0.1) is 5.92 Å². The van der Waals surface area contributed by atoms with E-state index in [1.807, 2.05) is 5.32 Å². The molecular formula is C10H16BNO6. The lowest BCUT2D eigenvalue weighted by molar-refractivity contribution is -0.154. The van der Waals surface area contributed by atoms with E-state index >= 15 is 0 Å². The summed E-state index contributed by atoms with van der Waals surface area (Å²) in [5.41, 5.74) is 0. The first-order valence-corrected chi connectivity index (χ1v) is 5.38. The molecule has 7 nitrogen and oxygen atoms in total. The van der Waals surface area contributed by atoms with Crippen LogP contribution < -0.4 is 5.32 Å². The SMILES string of the molecule is [B]C(=O)N[C@@H](CO)C(=O)O[C@@H](C)C[C@@H](C)C(=O)O. The highest BCUT2D eigenvalue weighted by Gasteiger charge is 2.23. The molecule has 1 amide bonds. The lowest BCUT2D eigenvalue weighted by Crippen LogP contribution is -2.45. The molecule has 0 aliphatic rings. The number of aliphatic carboxylic acids is 1. The van der Waals surface area contributed by atoms with Gasteiger partial charge in [-0.2, -0.15) is 0 Å². The van der Waals surface area contributed by atoms with Gasteiger partial charge in [0.2, 0.25) is 7.85 Å². The molecule has 3 N–H and O–H groups in total. The topological polar surface area (TPSA) is 113 Å². The van der Waals surface area contributed by atoms with Crippen LogP contribution in [0.25, 0.3) is 0 Å². The Morgan fingerprint density at radius 3 is 2.28 bits per heavy atom. The number of carbonyl (C=O) groups is 3. The first-order valence-electron chi connectivity index (χ1n) is 5.38. The number of carboxylic acid groups (broad SMARTS) is 1. The van der Waals surface area contributed by atoms with Gasteiger partial charge in [0.05, 0.1) is 18.6 Å². The fraction of sp³-hybridized carbons (Fsp3) is 0.700. The second-order valence-corrected chi connectivity index (χ2v) is 3.97. The van der Waals surface area contributed by atoms with Gasteiger partial charge in [0, 0.05) is 0 Å². The van der Waals surface area contributed by atoms with E-state index in [2.05, 4.69) is 0 Å². The molecule has 0 aromatic rings. The molecule has 0 aromatic heterocycles. The van der Waals surface area contributed by atoms with Crippen LogP contribution in [-0.4, -0.2) is 54.6 Å². The summed E-state index contributed by atoms with van der Waals surface area (Å²) in [5.74, 6) is -3.48. The normalized spacial score (nSPS) is 15.3. The first kappa shape index (κ1) is 16.4. The number of aliphatic hydroxyl groups excluding tert-OH is 1. The third-order valence-corrected chi connectivity index (χ3v) is 2.21. The van der Waals surface area contributed by atoms with Crippen molar-refractivity contribution in [2.24, 2.45) is 5.92 Å². The lowest BCUT2D eigenvalue weighted by Gasteiger charge is -2.19. The molecule has 18 heavy (non-hydrogen) atoms. The Morgan fingerprint density at radius 1 is 1.33 bits per heavy atom. The second-order valence-electron chi connectivity index (χ2n) is 3.97. The van der Waals surface area contributed by atoms with Gasteiger partial charge in [-0.3, -0.25) is 9.59 Å². The van der Waals surface area contributed by atoms with E-state index < -0.39 is 42.4 Å². The van der Waals surface area contributed by atoms with Crippen molar-refractivity contribution >= 4 is 25.6 Å². The minimum atomic E-state index is -1.25. The predicted molar refractivity (Wildman–Crippen MR) is 62.1 cm³/mol. The molecule has 0 aliphatic carbocycles. The van der Waals surface area contributed by atoms with Crippen LogP contribution in [0.4, 0.5) is 4.79 Å². The number of aliphatic hydroxyl groups is 1. The number of nitrogens with one attached hydrogen (secondary N) is 1. The molecule has 100 valence electrons. The minimum Gasteiger partial charge on any atom is -0.481 e. The van der Waals surface area contributed by atoms with Crippen LogP contribution in [0.3, 0.4) is 0 Å².